The maximum Gasteiger partial charge on any atom is 0.226 e. The number of sulfone groups is 1. The molecule has 5 rings (SSSR count). The number of benzene rings is 2. The fourth-order valence-corrected chi connectivity index (χ4v) is 6.57. The van der Waals surface area contributed by atoms with E-state index >= 15 is 0 Å². The van der Waals surface area contributed by atoms with Crippen LogP contribution in [0.2, 0.25) is 0 Å². The average Bonchev–Trinajstić information content (AvgIpc) is 3.10. The van der Waals surface area contributed by atoms with Crippen molar-refractivity contribution in [3.63, 3.8) is 0 Å². The maximum atomic E-state index is 13.5. The summed E-state index contributed by atoms with van der Waals surface area (Å²) in [6.45, 7) is 3.40. The van der Waals surface area contributed by atoms with Gasteiger partial charge in [0.25, 0.3) is 0 Å². The molecule has 1 N–H and O–H groups in total. The van der Waals surface area contributed by atoms with Crippen molar-refractivity contribution in [2.45, 2.75) is 42.5 Å². The zero-order valence-electron chi connectivity index (χ0n) is 19.1. The van der Waals surface area contributed by atoms with Crippen molar-refractivity contribution in [2.24, 2.45) is 5.92 Å². The molecule has 0 spiro atoms. The van der Waals surface area contributed by atoms with Crippen molar-refractivity contribution in [2.75, 3.05) is 39.0 Å². The van der Waals surface area contributed by atoms with Crippen LogP contribution in [0.3, 0.4) is 0 Å². The van der Waals surface area contributed by atoms with Crippen molar-refractivity contribution >= 4 is 15.7 Å². The molecule has 1 amide bonds. The first-order valence-corrected chi connectivity index (χ1v) is 13.8. The summed E-state index contributed by atoms with van der Waals surface area (Å²) in [5.74, 6) is 0.839. The molecule has 2 aromatic carbocycles. The summed E-state index contributed by atoms with van der Waals surface area (Å²) in [5, 5.41) is 9.17. The number of piperidine rings is 2. The van der Waals surface area contributed by atoms with E-state index in [2.05, 4.69) is 28.0 Å². The Balaban J connectivity index is 1.39. The van der Waals surface area contributed by atoms with E-state index in [-0.39, 0.29) is 24.5 Å². The van der Waals surface area contributed by atoms with Crippen molar-refractivity contribution in [1.29, 1.82) is 0 Å². The summed E-state index contributed by atoms with van der Waals surface area (Å²) in [7, 11) is -3.27. The van der Waals surface area contributed by atoms with Gasteiger partial charge in [-0.05, 0) is 85.1 Å². The summed E-state index contributed by atoms with van der Waals surface area (Å²) in [6.07, 6.45) is 4.93. The number of amides is 1. The molecule has 2 unspecified atom stereocenters. The molecule has 0 saturated carbocycles. The van der Waals surface area contributed by atoms with E-state index in [1.165, 1.54) is 17.4 Å². The van der Waals surface area contributed by atoms with Gasteiger partial charge < -0.3 is 14.9 Å². The number of hydrogen-bond acceptors (Lipinski definition) is 5. The Labute approximate surface area is 196 Å². The second-order valence-corrected chi connectivity index (χ2v) is 11.8. The molecule has 2 aliphatic heterocycles. The van der Waals surface area contributed by atoms with Gasteiger partial charge in [-0.3, -0.25) is 4.79 Å². The molecular weight excluding hydrogens is 436 g/mol. The summed E-state index contributed by atoms with van der Waals surface area (Å²) in [5.41, 5.74) is 4.45. The number of hydrogen-bond donors (Lipinski definition) is 1. The molecule has 0 radical (unpaired) electrons. The number of likely N-dealkylation sites (tertiary alicyclic amines) is 2. The Kier molecular flexibility index (Phi) is 6.05. The number of rotatable bonds is 5. The van der Waals surface area contributed by atoms with E-state index in [0.29, 0.717) is 17.4 Å². The van der Waals surface area contributed by atoms with Gasteiger partial charge in [0.2, 0.25) is 5.91 Å². The molecule has 2 aromatic rings. The fourth-order valence-electron chi connectivity index (χ4n) is 5.91. The minimum absolute atomic E-state index is 0.0650. The zero-order chi connectivity index (χ0) is 23.2. The van der Waals surface area contributed by atoms with Crippen LogP contribution in [0.15, 0.2) is 47.4 Å². The number of aliphatic hydroxyl groups excluding tert-OH is 1. The van der Waals surface area contributed by atoms with Gasteiger partial charge in [-0.15, -0.1) is 0 Å². The average molecular weight is 469 g/mol. The van der Waals surface area contributed by atoms with Crippen LogP contribution in [0.4, 0.5) is 0 Å². The minimum atomic E-state index is -3.27. The molecule has 176 valence electrons. The van der Waals surface area contributed by atoms with Crippen molar-refractivity contribution in [1.82, 2.24) is 9.80 Å². The predicted molar refractivity (Wildman–Crippen MR) is 128 cm³/mol. The lowest BCUT2D eigenvalue weighted by Crippen LogP contribution is -2.45. The van der Waals surface area contributed by atoms with Crippen molar-refractivity contribution in [3.05, 3.63) is 53.6 Å². The van der Waals surface area contributed by atoms with Crippen LogP contribution in [0, 0.1) is 5.92 Å². The lowest BCUT2D eigenvalue weighted by atomic mass is 9.91. The Morgan fingerprint density at radius 3 is 2.48 bits per heavy atom. The van der Waals surface area contributed by atoms with Crippen LogP contribution in [0.1, 0.15) is 48.8 Å². The van der Waals surface area contributed by atoms with Crippen molar-refractivity contribution < 1.29 is 18.3 Å². The minimum Gasteiger partial charge on any atom is -0.395 e. The van der Waals surface area contributed by atoms with Gasteiger partial charge in [0.15, 0.2) is 9.84 Å². The largest absolute Gasteiger partial charge is 0.395 e. The Morgan fingerprint density at radius 2 is 1.76 bits per heavy atom. The molecular formula is C26H32N2O4S. The lowest BCUT2D eigenvalue weighted by Gasteiger charge is -2.38. The van der Waals surface area contributed by atoms with Gasteiger partial charge >= 0.3 is 0 Å². The third kappa shape index (κ3) is 4.34. The predicted octanol–water partition coefficient (Wildman–Crippen LogP) is 3.22. The molecule has 2 heterocycles. The van der Waals surface area contributed by atoms with E-state index in [9.17, 15) is 18.3 Å². The van der Waals surface area contributed by atoms with Gasteiger partial charge in [0, 0.05) is 25.3 Å². The zero-order valence-corrected chi connectivity index (χ0v) is 19.9. The Bertz CT molecular complexity index is 1150. The second-order valence-electron chi connectivity index (χ2n) is 9.75. The van der Waals surface area contributed by atoms with Crippen LogP contribution >= 0.6 is 0 Å². The van der Waals surface area contributed by atoms with Gasteiger partial charge in [-0.25, -0.2) is 8.42 Å². The Hall–Kier alpha value is -2.22. The maximum absolute atomic E-state index is 13.5. The number of carbonyl (C=O) groups is 1. The van der Waals surface area contributed by atoms with E-state index in [1.54, 1.807) is 18.2 Å². The lowest BCUT2D eigenvalue weighted by molar-refractivity contribution is -0.140. The molecule has 2 fully saturated rings. The quantitative estimate of drug-likeness (QED) is 0.729. The van der Waals surface area contributed by atoms with Gasteiger partial charge in [-0.2, -0.15) is 0 Å². The normalized spacial score (nSPS) is 23.5. The molecule has 33 heavy (non-hydrogen) atoms. The van der Waals surface area contributed by atoms with E-state index in [4.69, 9.17) is 0 Å². The molecule has 2 atom stereocenters. The molecule has 7 heteroatoms. The highest BCUT2D eigenvalue weighted by atomic mass is 32.2. The smallest absolute Gasteiger partial charge is 0.226 e. The number of fused-ring (bicyclic) bond motifs is 5. The third-order valence-electron chi connectivity index (χ3n) is 7.72. The van der Waals surface area contributed by atoms with Gasteiger partial charge in [0.1, 0.15) is 0 Å². The van der Waals surface area contributed by atoms with Crippen LogP contribution < -0.4 is 0 Å². The molecule has 3 aliphatic rings. The molecule has 2 bridgehead atoms. The highest BCUT2D eigenvalue weighted by molar-refractivity contribution is 7.90. The standard InChI is InChI=1S/C26H32N2O4S/c1-33(31,32)22-4-2-3-19(15-22)20-5-6-23-21-9-12-28(25(17-21)24(23)16-20)26(30)18-7-10-27(11-8-18)13-14-29/h2-6,15-16,18,21,25,29H,7-14,17H2,1H3. The Morgan fingerprint density at radius 1 is 1.00 bits per heavy atom. The van der Waals surface area contributed by atoms with E-state index in [0.717, 1.165) is 56.4 Å². The summed E-state index contributed by atoms with van der Waals surface area (Å²) in [6, 6.07) is 13.7. The molecule has 1 aliphatic carbocycles. The summed E-state index contributed by atoms with van der Waals surface area (Å²) < 4.78 is 24.0. The number of carbonyl (C=O) groups excluding carboxylic acids is 1. The summed E-state index contributed by atoms with van der Waals surface area (Å²) in [4.78, 5) is 18.2. The van der Waals surface area contributed by atoms with Gasteiger partial charge in [0.05, 0.1) is 17.5 Å². The summed E-state index contributed by atoms with van der Waals surface area (Å²) >= 11 is 0. The number of aliphatic hydroxyl groups is 1. The first-order valence-electron chi connectivity index (χ1n) is 11.9. The third-order valence-corrected chi connectivity index (χ3v) is 8.83. The van der Waals surface area contributed by atoms with Crippen LogP contribution in [0.25, 0.3) is 11.1 Å². The number of β-amino-alcohol motifs (C(OH)–C–C–N with tert-alkyl or cyclic N) is 1. The number of nitrogens with zero attached hydrogens (tertiary/aromatic N) is 2. The highest BCUT2D eigenvalue weighted by Crippen LogP contribution is 2.50. The monoisotopic (exact) mass is 468 g/mol. The molecule has 2 saturated heterocycles. The first kappa shape index (κ1) is 22.6. The highest BCUT2D eigenvalue weighted by Gasteiger charge is 2.42. The second kappa shape index (κ2) is 8.85. The SMILES string of the molecule is CS(=O)(=O)c1cccc(-c2ccc3c(c2)C2CC3CCN2C(=O)C2CCN(CCO)CC2)c1. The van der Waals surface area contributed by atoms with E-state index in [1.807, 2.05) is 6.07 Å². The van der Waals surface area contributed by atoms with Crippen LogP contribution in [0.5, 0.6) is 0 Å². The van der Waals surface area contributed by atoms with Crippen LogP contribution in [-0.4, -0.2) is 68.3 Å². The first-order chi connectivity index (χ1) is 15.8. The molecule has 0 aromatic heterocycles. The fraction of sp³-hybridized carbons (Fsp3) is 0.500. The van der Waals surface area contributed by atoms with Crippen LogP contribution in [-0.2, 0) is 14.6 Å². The van der Waals surface area contributed by atoms with E-state index < -0.39 is 9.84 Å². The van der Waals surface area contributed by atoms with Gasteiger partial charge in [-0.1, -0.05) is 24.3 Å². The topological polar surface area (TPSA) is 77.9 Å². The molecule has 6 nitrogen and oxygen atoms in total. The van der Waals surface area contributed by atoms with Crippen molar-refractivity contribution in [3.8, 4) is 11.1 Å².